The highest BCUT2D eigenvalue weighted by atomic mass is 35.5. The van der Waals surface area contributed by atoms with Gasteiger partial charge in [0.2, 0.25) is 0 Å². The van der Waals surface area contributed by atoms with E-state index in [2.05, 4.69) is 0 Å². The smallest absolute Gasteiger partial charge is 0.321 e. The minimum absolute atomic E-state index is 0.0540. The number of carboxylic acids is 1. The van der Waals surface area contributed by atoms with Crippen molar-refractivity contribution in [2.75, 3.05) is 0 Å². The highest BCUT2D eigenvalue weighted by Gasteiger charge is 2.34. The van der Waals surface area contributed by atoms with E-state index in [0.29, 0.717) is 15.6 Å². The summed E-state index contributed by atoms with van der Waals surface area (Å²) in [4.78, 5) is 23.4. The van der Waals surface area contributed by atoms with Crippen LogP contribution in [0.5, 0.6) is 0 Å². The molecule has 0 radical (unpaired) electrons. The molecule has 1 aromatic rings. The maximum Gasteiger partial charge on any atom is 0.321 e. The lowest BCUT2D eigenvalue weighted by molar-refractivity contribution is -0.163. The van der Waals surface area contributed by atoms with Gasteiger partial charge in [-0.15, -0.1) is 0 Å². The third-order valence-corrected chi connectivity index (χ3v) is 3.47. The van der Waals surface area contributed by atoms with Crippen LogP contribution in [0.25, 0.3) is 0 Å². The van der Waals surface area contributed by atoms with Gasteiger partial charge in [0.25, 0.3) is 0 Å². The molecule has 0 spiro atoms. The fourth-order valence-electron chi connectivity index (χ4n) is 1.83. The van der Waals surface area contributed by atoms with E-state index in [9.17, 15) is 9.59 Å². The molecule has 1 unspecified atom stereocenters. The number of hydrogen-bond acceptors (Lipinski definition) is 4. The zero-order chi connectivity index (χ0) is 17.1. The van der Waals surface area contributed by atoms with Gasteiger partial charge in [-0.05, 0) is 44.9 Å². The Bertz CT molecular complexity index is 569. The van der Waals surface area contributed by atoms with Gasteiger partial charge in [0.15, 0.2) is 0 Å². The van der Waals surface area contributed by atoms with Crippen LogP contribution in [-0.4, -0.2) is 28.7 Å². The van der Waals surface area contributed by atoms with Gasteiger partial charge in [-0.3, -0.25) is 9.59 Å². The minimum Gasteiger partial charge on any atom is -0.480 e. The SMILES string of the molecule is CC(C)(C)OC(=O)C(Cc1ccc(Cl)cc1Cl)[C@@H](N)C(=O)O. The highest BCUT2D eigenvalue weighted by Crippen LogP contribution is 2.25. The van der Waals surface area contributed by atoms with Crippen molar-refractivity contribution >= 4 is 35.1 Å². The Morgan fingerprint density at radius 3 is 2.36 bits per heavy atom. The molecule has 1 aromatic carbocycles. The Labute approximate surface area is 139 Å². The van der Waals surface area contributed by atoms with Crippen LogP contribution in [0.15, 0.2) is 18.2 Å². The van der Waals surface area contributed by atoms with Crippen LogP contribution in [0.1, 0.15) is 26.3 Å². The fraction of sp³-hybridized carbons (Fsp3) is 0.467. The topological polar surface area (TPSA) is 89.6 Å². The van der Waals surface area contributed by atoms with Crippen molar-refractivity contribution in [1.82, 2.24) is 0 Å². The maximum atomic E-state index is 12.3. The number of ether oxygens (including phenoxy) is 1. The zero-order valence-electron chi connectivity index (χ0n) is 12.6. The van der Waals surface area contributed by atoms with Crippen LogP contribution in [0.2, 0.25) is 10.0 Å². The van der Waals surface area contributed by atoms with E-state index >= 15 is 0 Å². The maximum absolute atomic E-state index is 12.3. The Hall–Kier alpha value is -1.30. The van der Waals surface area contributed by atoms with Crippen LogP contribution >= 0.6 is 23.2 Å². The number of nitrogens with two attached hydrogens (primary N) is 1. The van der Waals surface area contributed by atoms with Gasteiger partial charge < -0.3 is 15.6 Å². The Kier molecular flexibility index (Phi) is 6.23. The first-order valence-corrected chi connectivity index (χ1v) is 7.42. The van der Waals surface area contributed by atoms with Gasteiger partial charge in [0.05, 0.1) is 5.92 Å². The third kappa shape index (κ3) is 5.48. The van der Waals surface area contributed by atoms with Gasteiger partial charge in [-0.2, -0.15) is 0 Å². The molecule has 0 saturated carbocycles. The van der Waals surface area contributed by atoms with Crippen molar-refractivity contribution in [3.8, 4) is 0 Å². The van der Waals surface area contributed by atoms with E-state index in [-0.39, 0.29) is 6.42 Å². The molecule has 1 rings (SSSR count). The molecule has 0 amide bonds. The lowest BCUT2D eigenvalue weighted by Crippen LogP contribution is -2.45. The van der Waals surface area contributed by atoms with Crippen LogP contribution in [0.4, 0.5) is 0 Å². The predicted molar refractivity (Wildman–Crippen MR) is 85.1 cm³/mol. The number of carbonyl (C=O) groups is 2. The van der Waals surface area contributed by atoms with Gasteiger partial charge >= 0.3 is 11.9 Å². The molecule has 0 aliphatic carbocycles. The molecule has 0 heterocycles. The first-order valence-electron chi connectivity index (χ1n) is 6.66. The predicted octanol–water partition coefficient (Wildman–Crippen LogP) is 2.91. The molecule has 0 fully saturated rings. The molecule has 5 nitrogen and oxygen atoms in total. The van der Waals surface area contributed by atoms with E-state index in [0.717, 1.165) is 0 Å². The average Bonchev–Trinajstić information content (AvgIpc) is 2.34. The number of halogens is 2. The lowest BCUT2D eigenvalue weighted by Gasteiger charge is -2.26. The molecule has 22 heavy (non-hydrogen) atoms. The van der Waals surface area contributed by atoms with E-state index in [1.54, 1.807) is 32.9 Å². The average molecular weight is 348 g/mol. The molecular weight excluding hydrogens is 329 g/mol. The molecule has 7 heteroatoms. The highest BCUT2D eigenvalue weighted by molar-refractivity contribution is 6.35. The van der Waals surface area contributed by atoms with Gasteiger partial charge in [-0.25, -0.2) is 0 Å². The Morgan fingerprint density at radius 2 is 1.91 bits per heavy atom. The van der Waals surface area contributed by atoms with Crippen molar-refractivity contribution in [2.24, 2.45) is 11.7 Å². The summed E-state index contributed by atoms with van der Waals surface area (Å²) >= 11 is 11.9. The Morgan fingerprint density at radius 1 is 1.32 bits per heavy atom. The number of esters is 1. The second kappa shape index (κ2) is 7.31. The van der Waals surface area contributed by atoms with E-state index in [1.807, 2.05) is 0 Å². The van der Waals surface area contributed by atoms with Gasteiger partial charge in [0.1, 0.15) is 11.6 Å². The summed E-state index contributed by atoms with van der Waals surface area (Å²) < 4.78 is 5.26. The summed E-state index contributed by atoms with van der Waals surface area (Å²) in [5.74, 6) is -3.00. The van der Waals surface area contributed by atoms with Crippen LogP contribution in [0, 0.1) is 5.92 Å². The summed E-state index contributed by atoms with van der Waals surface area (Å²) in [5, 5.41) is 9.90. The van der Waals surface area contributed by atoms with E-state index < -0.39 is 29.5 Å². The second-order valence-electron chi connectivity index (χ2n) is 5.94. The number of carboxylic acid groups (broad SMARTS) is 1. The summed E-state index contributed by atoms with van der Waals surface area (Å²) in [6, 6.07) is 3.39. The van der Waals surface area contributed by atoms with E-state index in [1.165, 1.54) is 6.07 Å². The summed E-state index contributed by atoms with van der Waals surface area (Å²) in [5.41, 5.74) is 5.48. The molecule has 2 atom stereocenters. The third-order valence-electron chi connectivity index (χ3n) is 2.88. The number of carbonyl (C=O) groups excluding carboxylic acids is 1. The number of rotatable bonds is 5. The monoisotopic (exact) mass is 347 g/mol. The largest absolute Gasteiger partial charge is 0.480 e. The molecule has 0 saturated heterocycles. The Balaban J connectivity index is 3.05. The first kappa shape index (κ1) is 18.7. The van der Waals surface area contributed by atoms with Crippen molar-refractivity contribution < 1.29 is 19.4 Å². The van der Waals surface area contributed by atoms with Crippen LogP contribution < -0.4 is 5.73 Å². The van der Waals surface area contributed by atoms with Crippen LogP contribution in [-0.2, 0) is 20.7 Å². The van der Waals surface area contributed by atoms with Gasteiger partial charge in [0, 0.05) is 10.0 Å². The minimum atomic E-state index is -1.39. The molecular formula is C15H19Cl2NO4. The fourth-order valence-corrected chi connectivity index (χ4v) is 2.32. The second-order valence-corrected chi connectivity index (χ2v) is 6.79. The lowest BCUT2D eigenvalue weighted by atomic mass is 9.92. The molecule has 0 aliphatic rings. The standard InChI is InChI=1S/C15H19Cl2NO4/c1-15(2,3)22-14(21)10(12(18)13(19)20)6-8-4-5-9(16)7-11(8)17/h4-5,7,10,12H,6,18H2,1-3H3,(H,19,20)/t10?,12-/m1/s1. The molecule has 0 aliphatic heterocycles. The van der Waals surface area contributed by atoms with Gasteiger partial charge in [-0.1, -0.05) is 29.3 Å². The molecule has 0 aromatic heterocycles. The van der Waals surface area contributed by atoms with Crippen LogP contribution in [0.3, 0.4) is 0 Å². The van der Waals surface area contributed by atoms with Crippen molar-refractivity contribution in [3.63, 3.8) is 0 Å². The summed E-state index contributed by atoms with van der Waals surface area (Å²) in [6.07, 6.45) is 0.0540. The number of benzene rings is 1. The number of aliphatic carboxylic acids is 1. The normalized spacial score (nSPS) is 14.3. The number of hydrogen-bond donors (Lipinski definition) is 2. The van der Waals surface area contributed by atoms with E-state index in [4.69, 9.17) is 38.8 Å². The quantitative estimate of drug-likeness (QED) is 0.799. The molecule has 3 N–H and O–H groups in total. The van der Waals surface area contributed by atoms with Crippen molar-refractivity contribution in [2.45, 2.75) is 38.8 Å². The summed E-state index contributed by atoms with van der Waals surface area (Å²) in [7, 11) is 0. The van der Waals surface area contributed by atoms with Crippen molar-refractivity contribution in [1.29, 1.82) is 0 Å². The first-order chi connectivity index (χ1) is 10.0. The van der Waals surface area contributed by atoms with Crippen molar-refractivity contribution in [3.05, 3.63) is 33.8 Å². The molecule has 0 bridgehead atoms. The summed E-state index contributed by atoms with van der Waals surface area (Å²) in [6.45, 7) is 5.09. The zero-order valence-corrected chi connectivity index (χ0v) is 14.1. The molecule has 122 valence electrons.